The van der Waals surface area contributed by atoms with E-state index in [4.69, 9.17) is 16.3 Å². The topological polar surface area (TPSA) is 74.1 Å². The minimum atomic E-state index is -0.991. The summed E-state index contributed by atoms with van der Waals surface area (Å²) in [7, 11) is 0. The molecule has 0 unspecified atom stereocenters. The number of hydrogen-bond acceptors (Lipinski definition) is 5. The number of esters is 1. The SMILES string of the molecule is O=C(OCn1nnc2ccccc2c1=O)c1c(F)cccc1Cl. The van der Waals surface area contributed by atoms with Crippen LogP contribution in [0.1, 0.15) is 10.4 Å². The molecule has 0 aliphatic rings. The van der Waals surface area contributed by atoms with Gasteiger partial charge in [0, 0.05) is 0 Å². The second kappa shape index (κ2) is 6.13. The van der Waals surface area contributed by atoms with Crippen LogP contribution in [0.3, 0.4) is 0 Å². The molecule has 6 nitrogen and oxygen atoms in total. The molecule has 0 aliphatic heterocycles. The lowest BCUT2D eigenvalue weighted by molar-refractivity contribution is 0.0331. The van der Waals surface area contributed by atoms with Crippen LogP contribution in [0.4, 0.5) is 4.39 Å². The molecule has 1 heterocycles. The summed E-state index contributed by atoms with van der Waals surface area (Å²) < 4.78 is 19.4. The third kappa shape index (κ3) is 2.91. The number of nitrogens with zero attached hydrogens (tertiary/aromatic N) is 3. The zero-order valence-corrected chi connectivity index (χ0v) is 12.3. The van der Waals surface area contributed by atoms with Crippen molar-refractivity contribution in [2.75, 3.05) is 0 Å². The van der Waals surface area contributed by atoms with Crippen LogP contribution in [-0.4, -0.2) is 21.0 Å². The molecule has 0 atom stereocenters. The van der Waals surface area contributed by atoms with Crippen molar-refractivity contribution < 1.29 is 13.9 Å². The lowest BCUT2D eigenvalue weighted by atomic mass is 10.2. The van der Waals surface area contributed by atoms with Gasteiger partial charge in [0.2, 0.25) is 0 Å². The molecule has 0 N–H and O–H groups in total. The van der Waals surface area contributed by atoms with Crippen LogP contribution in [0.2, 0.25) is 5.02 Å². The van der Waals surface area contributed by atoms with E-state index < -0.39 is 29.6 Å². The first-order chi connectivity index (χ1) is 11.1. The Bertz CT molecular complexity index is 938. The molecular formula is C15H9ClFN3O3. The fraction of sp³-hybridized carbons (Fsp3) is 0.0667. The van der Waals surface area contributed by atoms with Crippen molar-refractivity contribution in [1.29, 1.82) is 0 Å². The lowest BCUT2D eigenvalue weighted by Gasteiger charge is -2.08. The minimum Gasteiger partial charge on any atom is -0.438 e. The van der Waals surface area contributed by atoms with Crippen molar-refractivity contribution >= 4 is 28.5 Å². The summed E-state index contributed by atoms with van der Waals surface area (Å²) in [4.78, 5) is 24.1. The molecule has 2 aromatic carbocycles. The predicted molar refractivity (Wildman–Crippen MR) is 80.6 cm³/mol. The number of benzene rings is 2. The molecule has 0 saturated carbocycles. The van der Waals surface area contributed by atoms with Gasteiger partial charge < -0.3 is 4.74 Å². The Hall–Kier alpha value is -2.80. The molecule has 8 heteroatoms. The summed E-state index contributed by atoms with van der Waals surface area (Å²) in [5, 5.41) is 7.78. The average molecular weight is 334 g/mol. The van der Waals surface area contributed by atoms with E-state index in [1.807, 2.05) is 0 Å². The maximum atomic E-state index is 13.6. The molecule has 116 valence electrons. The molecule has 3 aromatic rings. The van der Waals surface area contributed by atoms with Crippen molar-refractivity contribution in [3.63, 3.8) is 0 Å². The number of carbonyl (C=O) groups is 1. The monoisotopic (exact) mass is 333 g/mol. The molecule has 0 aliphatic carbocycles. The van der Waals surface area contributed by atoms with E-state index in [1.165, 1.54) is 12.1 Å². The zero-order valence-electron chi connectivity index (χ0n) is 11.6. The summed E-state index contributed by atoms with van der Waals surface area (Å²) in [5.74, 6) is -1.80. The molecular weight excluding hydrogens is 325 g/mol. The van der Waals surface area contributed by atoms with Gasteiger partial charge in [-0.05, 0) is 24.3 Å². The largest absolute Gasteiger partial charge is 0.438 e. The van der Waals surface area contributed by atoms with Crippen molar-refractivity contribution in [2.24, 2.45) is 0 Å². The van der Waals surface area contributed by atoms with E-state index in [9.17, 15) is 14.0 Å². The molecule has 0 bridgehead atoms. The maximum Gasteiger partial charge on any atom is 0.344 e. The van der Waals surface area contributed by atoms with Gasteiger partial charge in [-0.1, -0.05) is 35.0 Å². The van der Waals surface area contributed by atoms with Crippen LogP contribution in [0.5, 0.6) is 0 Å². The van der Waals surface area contributed by atoms with Crippen LogP contribution < -0.4 is 5.56 Å². The van der Waals surface area contributed by atoms with Gasteiger partial charge in [-0.2, -0.15) is 4.68 Å². The number of aromatic nitrogens is 3. The molecule has 1 aromatic heterocycles. The van der Waals surface area contributed by atoms with E-state index in [1.54, 1.807) is 24.3 Å². The zero-order chi connectivity index (χ0) is 16.4. The Labute approximate surface area is 134 Å². The summed E-state index contributed by atoms with van der Waals surface area (Å²) >= 11 is 5.78. The Kier molecular flexibility index (Phi) is 4.03. The van der Waals surface area contributed by atoms with Crippen molar-refractivity contribution in [2.45, 2.75) is 6.73 Å². The molecule has 0 saturated heterocycles. The van der Waals surface area contributed by atoms with Crippen molar-refractivity contribution in [1.82, 2.24) is 15.0 Å². The second-order valence-corrected chi connectivity index (χ2v) is 4.98. The standard InChI is InChI=1S/C15H9ClFN3O3/c16-10-5-3-6-11(17)13(10)15(22)23-8-20-14(21)9-4-1-2-7-12(9)18-19-20/h1-7H,8H2. The highest BCUT2D eigenvalue weighted by Gasteiger charge is 2.18. The third-order valence-electron chi connectivity index (χ3n) is 3.11. The van der Waals surface area contributed by atoms with Crippen LogP contribution in [0, 0.1) is 5.82 Å². The molecule has 0 fully saturated rings. The molecule has 0 radical (unpaired) electrons. The van der Waals surface area contributed by atoms with Crippen LogP contribution >= 0.6 is 11.6 Å². The van der Waals surface area contributed by atoms with Crippen molar-refractivity contribution in [3.8, 4) is 0 Å². The first-order valence-corrected chi connectivity index (χ1v) is 6.89. The lowest BCUT2D eigenvalue weighted by Crippen LogP contribution is -2.26. The number of carbonyl (C=O) groups excluding carboxylic acids is 1. The first-order valence-electron chi connectivity index (χ1n) is 6.51. The van der Waals surface area contributed by atoms with E-state index in [-0.39, 0.29) is 5.02 Å². The van der Waals surface area contributed by atoms with Gasteiger partial charge in [-0.15, -0.1) is 5.10 Å². The van der Waals surface area contributed by atoms with Gasteiger partial charge >= 0.3 is 5.97 Å². The van der Waals surface area contributed by atoms with Gasteiger partial charge in [0.15, 0.2) is 6.73 Å². The highest BCUT2D eigenvalue weighted by Crippen LogP contribution is 2.19. The molecule has 3 rings (SSSR count). The summed E-state index contributed by atoms with van der Waals surface area (Å²) in [6.45, 7) is -0.500. The number of rotatable bonds is 3. The van der Waals surface area contributed by atoms with Gasteiger partial charge in [0.1, 0.15) is 16.9 Å². The normalized spacial score (nSPS) is 10.7. The minimum absolute atomic E-state index is 0.0769. The van der Waals surface area contributed by atoms with Gasteiger partial charge in [0.25, 0.3) is 5.56 Å². The molecule has 0 spiro atoms. The van der Waals surface area contributed by atoms with Gasteiger partial charge in [0.05, 0.1) is 10.4 Å². The van der Waals surface area contributed by atoms with E-state index in [0.717, 1.165) is 10.7 Å². The Balaban J connectivity index is 1.85. The molecule has 23 heavy (non-hydrogen) atoms. The predicted octanol–water partition coefficient (Wildman–Crippen LogP) is 2.40. The number of ether oxygens (including phenoxy) is 1. The Morgan fingerprint density at radius 2 is 2.00 bits per heavy atom. The fourth-order valence-electron chi connectivity index (χ4n) is 1.99. The Morgan fingerprint density at radius 1 is 1.22 bits per heavy atom. The second-order valence-electron chi connectivity index (χ2n) is 4.57. The maximum absolute atomic E-state index is 13.6. The smallest absolute Gasteiger partial charge is 0.344 e. The van der Waals surface area contributed by atoms with Gasteiger partial charge in [-0.25, -0.2) is 9.18 Å². The van der Waals surface area contributed by atoms with E-state index >= 15 is 0 Å². The third-order valence-corrected chi connectivity index (χ3v) is 3.43. The summed E-state index contributed by atoms with van der Waals surface area (Å²) in [6, 6.07) is 10.4. The van der Waals surface area contributed by atoms with Crippen LogP contribution in [-0.2, 0) is 11.5 Å². The number of halogens is 2. The number of hydrogen-bond donors (Lipinski definition) is 0. The van der Waals surface area contributed by atoms with Crippen LogP contribution in [0.15, 0.2) is 47.3 Å². The quantitative estimate of drug-likeness (QED) is 0.688. The van der Waals surface area contributed by atoms with Crippen LogP contribution in [0.25, 0.3) is 10.9 Å². The highest BCUT2D eigenvalue weighted by molar-refractivity contribution is 6.33. The average Bonchev–Trinajstić information content (AvgIpc) is 2.54. The number of fused-ring (bicyclic) bond motifs is 1. The summed E-state index contributed by atoms with van der Waals surface area (Å²) in [5.41, 5.74) is -0.434. The summed E-state index contributed by atoms with van der Waals surface area (Å²) in [6.07, 6.45) is 0. The van der Waals surface area contributed by atoms with E-state index in [0.29, 0.717) is 10.9 Å². The fourth-order valence-corrected chi connectivity index (χ4v) is 2.23. The Morgan fingerprint density at radius 3 is 2.78 bits per heavy atom. The molecule has 0 amide bonds. The highest BCUT2D eigenvalue weighted by atomic mass is 35.5. The van der Waals surface area contributed by atoms with Crippen molar-refractivity contribution in [3.05, 3.63) is 69.2 Å². The van der Waals surface area contributed by atoms with Gasteiger partial charge in [-0.3, -0.25) is 4.79 Å². The first kappa shape index (κ1) is 15.1. The van der Waals surface area contributed by atoms with E-state index in [2.05, 4.69) is 10.3 Å².